The van der Waals surface area contributed by atoms with Gasteiger partial charge in [-0.2, -0.15) is 22.8 Å². The van der Waals surface area contributed by atoms with Gasteiger partial charge in [0.15, 0.2) is 11.5 Å². The molecule has 0 aliphatic carbocycles. The Hall–Kier alpha value is -3.50. The molecule has 3 aromatic heterocycles. The molecule has 0 spiro atoms. The van der Waals surface area contributed by atoms with Crippen LogP contribution in [0.1, 0.15) is 34.2 Å². The van der Waals surface area contributed by atoms with Gasteiger partial charge in [-0.1, -0.05) is 12.1 Å². The Morgan fingerprint density at radius 3 is 2.43 bits per heavy atom. The van der Waals surface area contributed by atoms with Gasteiger partial charge in [-0.15, -0.1) is 15.3 Å². The van der Waals surface area contributed by atoms with Crippen LogP contribution in [-0.2, 0) is 12.7 Å². The third kappa shape index (κ3) is 3.58. The quantitative estimate of drug-likeness (QED) is 0.545. The van der Waals surface area contributed by atoms with Gasteiger partial charge in [0.05, 0.1) is 6.54 Å². The number of hydrogen-bond acceptors (Lipinski definition) is 6. The van der Waals surface area contributed by atoms with Crippen molar-refractivity contribution in [2.75, 3.05) is 5.32 Å². The average Bonchev–Trinajstić information content (AvgIpc) is 3.22. The third-order valence-corrected chi connectivity index (χ3v) is 4.83. The Morgan fingerprint density at radius 1 is 1.00 bits per heavy atom. The first kappa shape index (κ1) is 19.8. The smallest absolute Gasteiger partial charge is 0.339 e. The van der Waals surface area contributed by atoms with E-state index in [2.05, 4.69) is 30.7 Å². The fraction of sp³-hybridized carbons (Fsp3) is 0.316. The second-order valence-electron chi connectivity index (χ2n) is 7.04. The predicted octanol–water partition coefficient (Wildman–Crippen LogP) is 3.76. The number of aromatic nitrogens is 7. The van der Waals surface area contributed by atoms with E-state index in [9.17, 15) is 13.2 Å². The van der Waals surface area contributed by atoms with E-state index in [1.165, 1.54) is 0 Å². The fourth-order valence-corrected chi connectivity index (χ4v) is 3.19. The van der Waals surface area contributed by atoms with E-state index in [4.69, 9.17) is 0 Å². The minimum Gasteiger partial charge on any atom is -0.339 e. The summed E-state index contributed by atoms with van der Waals surface area (Å²) in [6.45, 7) is 7.70. The van der Waals surface area contributed by atoms with E-state index in [0.717, 1.165) is 15.9 Å². The van der Waals surface area contributed by atoms with Gasteiger partial charge in [0, 0.05) is 16.8 Å². The first-order valence-corrected chi connectivity index (χ1v) is 9.17. The Balaban J connectivity index is 1.69. The SMILES string of the molecule is Cc1nc(C)n(Cc2cccc(Nc3nn4c(C(F)(F)F)nnc4c(C)c3C)c2)n1. The molecule has 4 rings (SSSR count). The number of aryl methyl sites for hydroxylation is 3. The Morgan fingerprint density at radius 2 is 1.77 bits per heavy atom. The van der Waals surface area contributed by atoms with Crippen molar-refractivity contribution in [2.24, 2.45) is 0 Å². The molecule has 0 bridgehead atoms. The lowest BCUT2D eigenvalue weighted by Crippen LogP contribution is -2.14. The van der Waals surface area contributed by atoms with E-state index in [-0.39, 0.29) is 5.65 Å². The molecule has 0 atom stereocenters. The molecule has 11 heteroatoms. The fourth-order valence-electron chi connectivity index (χ4n) is 3.19. The number of anilines is 2. The lowest BCUT2D eigenvalue weighted by Gasteiger charge is -2.13. The van der Waals surface area contributed by atoms with E-state index in [0.29, 0.717) is 35.0 Å². The topological polar surface area (TPSA) is 85.8 Å². The predicted molar refractivity (Wildman–Crippen MR) is 104 cm³/mol. The number of fused-ring (bicyclic) bond motifs is 1. The number of nitrogens with zero attached hydrogens (tertiary/aromatic N) is 7. The van der Waals surface area contributed by atoms with Gasteiger partial charge < -0.3 is 5.32 Å². The molecule has 1 N–H and O–H groups in total. The Labute approximate surface area is 169 Å². The third-order valence-electron chi connectivity index (χ3n) is 4.83. The minimum absolute atomic E-state index is 0.0798. The molecule has 3 heterocycles. The molecular weight excluding hydrogens is 397 g/mol. The number of halogens is 3. The highest BCUT2D eigenvalue weighted by Gasteiger charge is 2.38. The summed E-state index contributed by atoms with van der Waals surface area (Å²) in [6.07, 6.45) is -4.65. The maximum absolute atomic E-state index is 13.2. The Bertz CT molecular complexity index is 1240. The molecule has 30 heavy (non-hydrogen) atoms. The van der Waals surface area contributed by atoms with Gasteiger partial charge in [0.1, 0.15) is 11.6 Å². The van der Waals surface area contributed by atoms with Gasteiger partial charge in [-0.3, -0.25) is 0 Å². The summed E-state index contributed by atoms with van der Waals surface area (Å²) in [6, 6.07) is 7.52. The van der Waals surface area contributed by atoms with Gasteiger partial charge >= 0.3 is 6.18 Å². The maximum atomic E-state index is 13.2. The average molecular weight is 416 g/mol. The highest BCUT2D eigenvalue weighted by Crippen LogP contribution is 2.30. The molecular formula is C19H19F3N8. The molecule has 4 aromatic rings. The normalized spacial score (nSPS) is 12.0. The van der Waals surface area contributed by atoms with Crippen molar-refractivity contribution in [3.63, 3.8) is 0 Å². The molecule has 0 saturated heterocycles. The van der Waals surface area contributed by atoms with Gasteiger partial charge in [-0.25, -0.2) is 9.67 Å². The molecule has 0 fully saturated rings. The van der Waals surface area contributed by atoms with Crippen molar-refractivity contribution in [3.05, 3.63) is 58.4 Å². The van der Waals surface area contributed by atoms with Crippen LogP contribution in [0.3, 0.4) is 0 Å². The maximum Gasteiger partial charge on any atom is 0.453 e. The molecule has 0 saturated carbocycles. The molecule has 156 valence electrons. The molecule has 8 nitrogen and oxygen atoms in total. The molecule has 0 aliphatic heterocycles. The van der Waals surface area contributed by atoms with E-state index in [1.807, 2.05) is 38.1 Å². The minimum atomic E-state index is -4.65. The summed E-state index contributed by atoms with van der Waals surface area (Å²) in [5, 5.41) is 18.5. The molecule has 0 radical (unpaired) electrons. The van der Waals surface area contributed by atoms with Crippen molar-refractivity contribution >= 4 is 17.2 Å². The second-order valence-corrected chi connectivity index (χ2v) is 7.04. The first-order valence-electron chi connectivity index (χ1n) is 9.17. The molecule has 0 amide bonds. The van der Waals surface area contributed by atoms with Crippen molar-refractivity contribution < 1.29 is 13.2 Å². The zero-order valence-electron chi connectivity index (χ0n) is 16.8. The van der Waals surface area contributed by atoms with Crippen LogP contribution in [-0.4, -0.2) is 34.6 Å². The lowest BCUT2D eigenvalue weighted by atomic mass is 10.1. The molecule has 0 aliphatic rings. The van der Waals surface area contributed by atoms with Crippen LogP contribution in [0.5, 0.6) is 0 Å². The van der Waals surface area contributed by atoms with Crippen molar-refractivity contribution in [3.8, 4) is 0 Å². The molecule has 0 unspecified atom stereocenters. The van der Waals surface area contributed by atoms with Crippen LogP contribution in [0.25, 0.3) is 5.65 Å². The van der Waals surface area contributed by atoms with Crippen LogP contribution in [0.15, 0.2) is 24.3 Å². The highest BCUT2D eigenvalue weighted by molar-refractivity contribution is 5.64. The summed E-state index contributed by atoms with van der Waals surface area (Å²) >= 11 is 0. The van der Waals surface area contributed by atoms with Crippen molar-refractivity contribution in [2.45, 2.75) is 40.4 Å². The van der Waals surface area contributed by atoms with E-state index in [1.54, 1.807) is 18.5 Å². The van der Waals surface area contributed by atoms with E-state index < -0.39 is 12.0 Å². The first-order chi connectivity index (χ1) is 14.1. The van der Waals surface area contributed by atoms with Crippen LogP contribution < -0.4 is 5.32 Å². The van der Waals surface area contributed by atoms with Crippen molar-refractivity contribution in [1.82, 2.24) is 34.6 Å². The summed E-state index contributed by atoms with van der Waals surface area (Å²) in [7, 11) is 0. The largest absolute Gasteiger partial charge is 0.453 e. The molecule has 1 aromatic carbocycles. The number of benzene rings is 1. The van der Waals surface area contributed by atoms with E-state index >= 15 is 0 Å². The summed E-state index contributed by atoms with van der Waals surface area (Å²) in [5.74, 6) is 0.640. The summed E-state index contributed by atoms with van der Waals surface area (Å²) in [4.78, 5) is 4.29. The second kappa shape index (κ2) is 7.08. The highest BCUT2D eigenvalue weighted by atomic mass is 19.4. The monoisotopic (exact) mass is 416 g/mol. The zero-order chi connectivity index (χ0) is 21.6. The number of rotatable bonds is 4. The van der Waals surface area contributed by atoms with Crippen LogP contribution >= 0.6 is 0 Å². The lowest BCUT2D eigenvalue weighted by molar-refractivity contribution is -0.146. The van der Waals surface area contributed by atoms with Gasteiger partial charge in [0.2, 0.25) is 0 Å². The Kier molecular flexibility index (Phi) is 4.67. The standard InChI is InChI=1S/C19H19F3N8/c1-10-11(2)17-25-26-18(19(20,21)22)30(17)28-16(10)24-15-7-5-6-14(8-15)9-29-13(4)23-12(3)27-29/h5-8H,9H2,1-4H3,(H,24,28). The van der Waals surface area contributed by atoms with Crippen molar-refractivity contribution in [1.29, 1.82) is 0 Å². The number of nitrogens with one attached hydrogen (secondary N) is 1. The summed E-state index contributed by atoms with van der Waals surface area (Å²) in [5.41, 5.74) is 3.00. The van der Waals surface area contributed by atoms with Crippen LogP contribution in [0.2, 0.25) is 0 Å². The van der Waals surface area contributed by atoms with Crippen LogP contribution in [0.4, 0.5) is 24.7 Å². The van der Waals surface area contributed by atoms with Gasteiger partial charge in [0.25, 0.3) is 5.82 Å². The number of alkyl halides is 3. The number of hydrogen-bond donors (Lipinski definition) is 1. The summed E-state index contributed by atoms with van der Waals surface area (Å²) < 4.78 is 42.2. The van der Waals surface area contributed by atoms with Gasteiger partial charge in [-0.05, 0) is 45.4 Å². The zero-order valence-corrected chi connectivity index (χ0v) is 16.8. The van der Waals surface area contributed by atoms with Crippen LogP contribution in [0, 0.1) is 27.7 Å².